The number of fused-ring (bicyclic) bond motifs is 1. The normalized spacial score (nSPS) is 15.9. The summed E-state index contributed by atoms with van der Waals surface area (Å²) < 4.78 is 33.3. The minimum atomic E-state index is -2.70. The summed E-state index contributed by atoms with van der Waals surface area (Å²) in [6.07, 6.45) is 3.83. The van der Waals surface area contributed by atoms with Gasteiger partial charge in [0.25, 0.3) is 0 Å². The third kappa shape index (κ3) is 5.77. The average Bonchev–Trinajstić information content (AvgIpc) is 3.42. The van der Waals surface area contributed by atoms with E-state index >= 15 is 0 Å². The van der Waals surface area contributed by atoms with Crippen molar-refractivity contribution in [2.75, 3.05) is 30.6 Å². The molecular formula is C21H25BrClF2N5O. The topological polar surface area (TPSA) is 52.7 Å². The number of pyridine rings is 1. The third-order valence-corrected chi connectivity index (χ3v) is 6.29. The van der Waals surface area contributed by atoms with E-state index in [0.29, 0.717) is 23.2 Å². The Morgan fingerprint density at radius 1 is 1.39 bits per heavy atom. The smallest absolute Gasteiger partial charge is 0.246 e. The van der Waals surface area contributed by atoms with Gasteiger partial charge in [-0.05, 0) is 66.9 Å². The highest BCUT2D eigenvalue weighted by Gasteiger charge is 2.30. The number of anilines is 2. The highest BCUT2D eigenvalue weighted by Crippen LogP contribution is 2.44. The van der Waals surface area contributed by atoms with Gasteiger partial charge in [-0.1, -0.05) is 11.6 Å². The molecule has 0 amide bonds. The van der Waals surface area contributed by atoms with Gasteiger partial charge in [-0.25, -0.2) is 13.8 Å². The molecule has 4 rings (SSSR count). The van der Waals surface area contributed by atoms with Crippen molar-refractivity contribution >= 4 is 38.9 Å². The van der Waals surface area contributed by atoms with Crippen LogP contribution in [0, 0.1) is 5.92 Å². The molecule has 0 spiro atoms. The van der Waals surface area contributed by atoms with Crippen LogP contribution in [0.5, 0.6) is 11.6 Å². The number of benzene rings is 1. The quantitative estimate of drug-likeness (QED) is 0.437. The molecule has 2 aliphatic rings. The van der Waals surface area contributed by atoms with Gasteiger partial charge in [-0.2, -0.15) is 0 Å². The number of ether oxygens (including phenoxy) is 1. The number of hydrogen-bond donors (Lipinski definition) is 2. The molecule has 10 heteroatoms. The maximum atomic E-state index is 13.2. The first-order valence-corrected chi connectivity index (χ1v) is 11.4. The molecule has 1 aromatic heterocycles. The summed E-state index contributed by atoms with van der Waals surface area (Å²) in [5.41, 5.74) is 9.06. The summed E-state index contributed by atoms with van der Waals surface area (Å²) in [6, 6.07) is 5.64. The largest absolute Gasteiger partial charge is 0.437 e. The zero-order valence-corrected chi connectivity index (χ0v) is 19.7. The van der Waals surface area contributed by atoms with Crippen LogP contribution in [0.3, 0.4) is 0 Å². The Morgan fingerprint density at radius 3 is 2.87 bits per heavy atom. The maximum Gasteiger partial charge on any atom is 0.246 e. The number of rotatable bonds is 9. The van der Waals surface area contributed by atoms with E-state index in [0.717, 1.165) is 40.8 Å². The molecular weight excluding hydrogens is 492 g/mol. The number of halogens is 4. The molecule has 31 heavy (non-hydrogen) atoms. The van der Waals surface area contributed by atoms with E-state index < -0.39 is 5.92 Å². The summed E-state index contributed by atoms with van der Waals surface area (Å²) in [5.74, 6) is -0.981. The molecule has 0 bridgehead atoms. The molecule has 0 unspecified atom stereocenters. The fourth-order valence-electron chi connectivity index (χ4n) is 3.39. The average molecular weight is 517 g/mol. The van der Waals surface area contributed by atoms with Crippen LogP contribution < -0.4 is 20.7 Å². The molecule has 1 fully saturated rings. The number of alkyl halides is 2. The fourth-order valence-corrected chi connectivity index (χ4v) is 4.09. The van der Waals surface area contributed by atoms with Gasteiger partial charge in [-0.15, -0.1) is 5.53 Å². The van der Waals surface area contributed by atoms with Crippen molar-refractivity contribution in [2.24, 2.45) is 5.92 Å². The summed E-state index contributed by atoms with van der Waals surface area (Å²) >= 11 is 9.77. The standard InChI is InChI=1S/C21H25BrClF2N5O/c1-21(24,25)7-8-29(2)12-14-9-15(23)10-26-20(14)31-17-6-5-16-19(18(17)22)27-28-30(16)11-13-3-4-13/h5-6,9-10,13,27-28H,3-4,7-8,11-12H2,1-2H3. The van der Waals surface area contributed by atoms with Crippen molar-refractivity contribution in [3.8, 4) is 11.6 Å². The van der Waals surface area contributed by atoms with Crippen molar-refractivity contribution in [3.05, 3.63) is 39.5 Å². The Balaban J connectivity index is 1.50. The van der Waals surface area contributed by atoms with Crippen LogP contribution in [0.2, 0.25) is 5.02 Å². The lowest BCUT2D eigenvalue weighted by atomic mass is 10.2. The zero-order chi connectivity index (χ0) is 22.2. The van der Waals surface area contributed by atoms with Gasteiger partial charge in [0.2, 0.25) is 11.8 Å². The lowest BCUT2D eigenvalue weighted by Crippen LogP contribution is -2.37. The summed E-state index contributed by atoms with van der Waals surface area (Å²) in [6.45, 7) is 2.51. The van der Waals surface area contributed by atoms with Crippen LogP contribution in [-0.4, -0.2) is 35.9 Å². The van der Waals surface area contributed by atoms with Crippen LogP contribution in [0.25, 0.3) is 0 Å². The van der Waals surface area contributed by atoms with E-state index in [4.69, 9.17) is 16.3 Å². The Labute approximate surface area is 194 Å². The summed E-state index contributed by atoms with van der Waals surface area (Å²) in [7, 11) is 1.78. The molecule has 1 saturated carbocycles. The van der Waals surface area contributed by atoms with Crippen LogP contribution in [0.15, 0.2) is 28.9 Å². The van der Waals surface area contributed by atoms with Gasteiger partial charge >= 0.3 is 0 Å². The summed E-state index contributed by atoms with van der Waals surface area (Å²) in [4.78, 5) is 6.14. The zero-order valence-electron chi connectivity index (χ0n) is 17.4. The van der Waals surface area contributed by atoms with E-state index in [1.807, 2.05) is 12.1 Å². The first-order chi connectivity index (χ1) is 14.7. The fraction of sp³-hybridized carbons (Fsp3) is 0.476. The van der Waals surface area contributed by atoms with E-state index in [1.54, 1.807) is 18.0 Å². The number of nitrogens with zero attached hydrogens (tertiary/aromatic N) is 3. The van der Waals surface area contributed by atoms with Gasteiger partial charge in [0, 0.05) is 37.8 Å². The molecule has 168 valence electrons. The monoisotopic (exact) mass is 515 g/mol. The second kappa shape index (κ2) is 9.05. The Morgan fingerprint density at radius 2 is 2.16 bits per heavy atom. The summed E-state index contributed by atoms with van der Waals surface area (Å²) in [5, 5.41) is 2.57. The number of nitrogens with one attached hydrogen (secondary N) is 2. The molecule has 6 nitrogen and oxygen atoms in total. The van der Waals surface area contributed by atoms with E-state index in [1.165, 1.54) is 19.0 Å². The first-order valence-electron chi connectivity index (χ1n) is 10.2. The molecule has 2 N–H and O–H groups in total. The second-order valence-electron chi connectivity index (χ2n) is 8.34. The predicted molar refractivity (Wildman–Crippen MR) is 122 cm³/mol. The van der Waals surface area contributed by atoms with E-state index in [2.05, 4.69) is 36.9 Å². The van der Waals surface area contributed by atoms with Crippen LogP contribution in [-0.2, 0) is 6.54 Å². The van der Waals surface area contributed by atoms with Gasteiger partial charge in [0.15, 0.2) is 0 Å². The number of hydrogen-bond acceptors (Lipinski definition) is 6. The van der Waals surface area contributed by atoms with Crippen LogP contribution >= 0.6 is 27.5 Å². The highest BCUT2D eigenvalue weighted by molar-refractivity contribution is 9.10. The van der Waals surface area contributed by atoms with Gasteiger partial charge in [-0.3, -0.25) is 5.01 Å². The van der Waals surface area contributed by atoms with Crippen LogP contribution in [0.4, 0.5) is 20.2 Å². The maximum absolute atomic E-state index is 13.2. The number of aromatic nitrogens is 1. The number of hydrazine groups is 2. The molecule has 1 aliphatic heterocycles. The molecule has 0 radical (unpaired) electrons. The van der Waals surface area contributed by atoms with E-state index in [-0.39, 0.29) is 13.0 Å². The van der Waals surface area contributed by atoms with E-state index in [9.17, 15) is 8.78 Å². The van der Waals surface area contributed by atoms with Crippen LogP contribution in [0.1, 0.15) is 31.7 Å². The molecule has 0 saturated heterocycles. The molecule has 1 aliphatic carbocycles. The predicted octanol–water partition coefficient (Wildman–Crippen LogP) is 5.83. The molecule has 2 heterocycles. The molecule has 2 aromatic rings. The SMILES string of the molecule is CN(CCC(C)(F)F)Cc1cc(Cl)cnc1Oc1ccc2c(c1Br)NNN2CC1CC1. The first kappa shape index (κ1) is 22.5. The lowest BCUT2D eigenvalue weighted by Gasteiger charge is -2.21. The van der Waals surface area contributed by atoms with Gasteiger partial charge < -0.3 is 15.1 Å². The van der Waals surface area contributed by atoms with Crippen molar-refractivity contribution in [3.63, 3.8) is 0 Å². The highest BCUT2D eigenvalue weighted by atomic mass is 79.9. The lowest BCUT2D eigenvalue weighted by molar-refractivity contribution is 0.00463. The molecule has 1 aromatic carbocycles. The minimum absolute atomic E-state index is 0.222. The third-order valence-electron chi connectivity index (χ3n) is 5.30. The van der Waals surface area contributed by atoms with Gasteiger partial charge in [0.05, 0.1) is 20.9 Å². The Kier molecular flexibility index (Phi) is 6.57. The second-order valence-corrected chi connectivity index (χ2v) is 9.57. The van der Waals surface area contributed by atoms with Gasteiger partial charge in [0.1, 0.15) is 5.75 Å². The van der Waals surface area contributed by atoms with Crippen molar-refractivity contribution in [1.82, 2.24) is 15.4 Å². The Bertz CT molecular complexity index is 954. The minimum Gasteiger partial charge on any atom is -0.437 e. The Hall–Kier alpha value is -1.68. The van der Waals surface area contributed by atoms with Crippen molar-refractivity contribution < 1.29 is 13.5 Å². The molecule has 0 atom stereocenters. The van der Waals surface area contributed by atoms with Crippen molar-refractivity contribution in [2.45, 2.75) is 38.7 Å². The van der Waals surface area contributed by atoms with Crippen molar-refractivity contribution in [1.29, 1.82) is 0 Å².